The molecule has 0 aromatic heterocycles. The quantitative estimate of drug-likeness (QED) is 0.737. The molecule has 3 nitrogen and oxygen atoms in total. The van der Waals surface area contributed by atoms with Gasteiger partial charge in [0.1, 0.15) is 18.7 Å². The summed E-state index contributed by atoms with van der Waals surface area (Å²) in [6.45, 7) is 2.79. The molecule has 0 saturated carbocycles. The maximum atomic E-state index is 10.3. The molecular formula is C13H22NO2+. The van der Waals surface area contributed by atoms with Crippen LogP contribution in [0.2, 0.25) is 0 Å². The van der Waals surface area contributed by atoms with E-state index in [-0.39, 0.29) is 12.6 Å². The molecule has 0 aliphatic rings. The first kappa shape index (κ1) is 13.2. The van der Waals surface area contributed by atoms with Crippen LogP contribution in [-0.2, 0) is 0 Å². The van der Waals surface area contributed by atoms with Gasteiger partial charge in [0.05, 0.1) is 20.7 Å². The molecule has 0 aliphatic heterocycles. The van der Waals surface area contributed by atoms with Crippen molar-refractivity contribution in [1.82, 2.24) is 0 Å². The van der Waals surface area contributed by atoms with Gasteiger partial charge in [0.25, 0.3) is 0 Å². The summed E-state index contributed by atoms with van der Waals surface area (Å²) in [5.41, 5.74) is 0.930. The minimum Gasteiger partial charge on any atom is -0.391 e. The number of rotatable bonds is 5. The molecule has 0 radical (unpaired) electrons. The Morgan fingerprint density at radius 2 is 1.75 bits per heavy atom. The average molecular weight is 224 g/mol. The van der Waals surface area contributed by atoms with Crippen LogP contribution >= 0.6 is 0 Å². The highest BCUT2D eigenvalue weighted by atomic mass is 16.3. The van der Waals surface area contributed by atoms with Crippen molar-refractivity contribution < 1.29 is 14.7 Å². The van der Waals surface area contributed by atoms with Gasteiger partial charge < -0.3 is 14.7 Å². The summed E-state index contributed by atoms with van der Waals surface area (Å²) in [7, 11) is 4.04. The van der Waals surface area contributed by atoms with Gasteiger partial charge in [-0.2, -0.15) is 0 Å². The van der Waals surface area contributed by atoms with Gasteiger partial charge in [-0.3, -0.25) is 0 Å². The van der Waals surface area contributed by atoms with E-state index in [4.69, 9.17) is 5.11 Å². The SMILES string of the molecule is C[C@@H]([C@H](O)c1ccccc1)[N+](C)(C)CCO. The summed E-state index contributed by atoms with van der Waals surface area (Å²) in [6, 6.07) is 9.71. The molecule has 0 saturated heterocycles. The Hall–Kier alpha value is -0.900. The molecule has 0 heterocycles. The number of aliphatic hydroxyl groups excluding tert-OH is 2. The number of benzene rings is 1. The third kappa shape index (κ3) is 3.04. The molecule has 2 N–H and O–H groups in total. The van der Waals surface area contributed by atoms with Crippen molar-refractivity contribution in [2.75, 3.05) is 27.2 Å². The van der Waals surface area contributed by atoms with E-state index in [1.54, 1.807) is 0 Å². The molecule has 90 valence electrons. The molecule has 0 fully saturated rings. The molecule has 3 heteroatoms. The Morgan fingerprint density at radius 1 is 1.19 bits per heavy atom. The third-order valence-corrected chi connectivity index (χ3v) is 3.38. The van der Waals surface area contributed by atoms with Crippen LogP contribution in [0.5, 0.6) is 0 Å². The second kappa shape index (κ2) is 5.43. The van der Waals surface area contributed by atoms with Gasteiger partial charge in [0, 0.05) is 0 Å². The van der Waals surface area contributed by atoms with Gasteiger partial charge in [-0.25, -0.2) is 0 Å². The number of hydrogen-bond acceptors (Lipinski definition) is 2. The van der Waals surface area contributed by atoms with E-state index >= 15 is 0 Å². The lowest BCUT2D eigenvalue weighted by Crippen LogP contribution is -2.51. The minimum atomic E-state index is -0.497. The number of quaternary nitrogens is 1. The average Bonchev–Trinajstić information content (AvgIpc) is 2.28. The third-order valence-electron chi connectivity index (χ3n) is 3.38. The fourth-order valence-electron chi connectivity index (χ4n) is 1.77. The molecule has 2 atom stereocenters. The largest absolute Gasteiger partial charge is 0.391 e. The fraction of sp³-hybridized carbons (Fsp3) is 0.538. The number of hydrogen-bond donors (Lipinski definition) is 2. The highest BCUT2D eigenvalue weighted by Crippen LogP contribution is 2.23. The van der Waals surface area contributed by atoms with Crippen molar-refractivity contribution in [3.63, 3.8) is 0 Å². The van der Waals surface area contributed by atoms with E-state index in [0.29, 0.717) is 11.0 Å². The maximum absolute atomic E-state index is 10.3. The second-order valence-electron chi connectivity index (χ2n) is 4.82. The molecule has 1 aromatic rings. The highest BCUT2D eigenvalue weighted by Gasteiger charge is 2.30. The van der Waals surface area contributed by atoms with E-state index in [0.717, 1.165) is 5.56 Å². The second-order valence-corrected chi connectivity index (χ2v) is 4.82. The first-order valence-electron chi connectivity index (χ1n) is 5.65. The van der Waals surface area contributed by atoms with Crippen molar-refractivity contribution in [1.29, 1.82) is 0 Å². The zero-order chi connectivity index (χ0) is 12.2. The van der Waals surface area contributed by atoms with E-state index in [9.17, 15) is 5.11 Å². The standard InChI is InChI=1S/C13H22NO2/c1-11(14(2,3)9-10-15)13(16)12-7-5-4-6-8-12/h4-8,11,13,15-16H,9-10H2,1-3H3/q+1/t11-,13-/m0/s1. The summed E-state index contributed by atoms with van der Waals surface area (Å²) in [6.07, 6.45) is -0.497. The predicted octanol–water partition coefficient (Wildman–Crippen LogP) is 1.18. The van der Waals surface area contributed by atoms with Crippen molar-refractivity contribution in [3.8, 4) is 0 Å². The molecule has 0 unspecified atom stereocenters. The number of likely N-dealkylation sites (N-methyl/N-ethyl adjacent to an activating group) is 1. The van der Waals surface area contributed by atoms with Crippen LogP contribution < -0.4 is 0 Å². The zero-order valence-electron chi connectivity index (χ0n) is 10.3. The van der Waals surface area contributed by atoms with Crippen LogP contribution in [0.3, 0.4) is 0 Å². The monoisotopic (exact) mass is 224 g/mol. The summed E-state index contributed by atoms with van der Waals surface area (Å²) in [5, 5.41) is 19.3. The Kier molecular flexibility index (Phi) is 4.47. The number of nitrogens with zero attached hydrogens (tertiary/aromatic N) is 1. The molecule has 1 aromatic carbocycles. The number of aliphatic hydroxyl groups is 2. The zero-order valence-corrected chi connectivity index (χ0v) is 10.3. The van der Waals surface area contributed by atoms with E-state index < -0.39 is 6.10 Å². The smallest absolute Gasteiger partial charge is 0.130 e. The van der Waals surface area contributed by atoms with E-state index in [1.807, 2.05) is 51.4 Å². The van der Waals surface area contributed by atoms with Crippen LogP contribution in [0.4, 0.5) is 0 Å². The van der Waals surface area contributed by atoms with Crippen LogP contribution in [0.25, 0.3) is 0 Å². The van der Waals surface area contributed by atoms with Gasteiger partial charge >= 0.3 is 0 Å². The first-order valence-corrected chi connectivity index (χ1v) is 5.65. The van der Waals surface area contributed by atoms with Gasteiger partial charge in [0.15, 0.2) is 0 Å². The minimum absolute atomic E-state index is 0.0505. The summed E-state index contributed by atoms with van der Waals surface area (Å²) in [4.78, 5) is 0. The van der Waals surface area contributed by atoms with Crippen LogP contribution in [0.1, 0.15) is 18.6 Å². The highest BCUT2D eigenvalue weighted by molar-refractivity contribution is 5.18. The lowest BCUT2D eigenvalue weighted by molar-refractivity contribution is -0.917. The van der Waals surface area contributed by atoms with Crippen molar-refractivity contribution in [2.45, 2.75) is 19.1 Å². The van der Waals surface area contributed by atoms with Gasteiger partial charge in [-0.05, 0) is 12.5 Å². The lowest BCUT2D eigenvalue weighted by atomic mass is 10.0. The Balaban J connectivity index is 2.78. The van der Waals surface area contributed by atoms with Crippen LogP contribution in [0, 0.1) is 0 Å². The van der Waals surface area contributed by atoms with E-state index in [2.05, 4.69) is 0 Å². The molecule has 16 heavy (non-hydrogen) atoms. The molecule has 0 aliphatic carbocycles. The van der Waals surface area contributed by atoms with Crippen LogP contribution in [-0.4, -0.2) is 48.0 Å². The summed E-state index contributed by atoms with van der Waals surface area (Å²) >= 11 is 0. The van der Waals surface area contributed by atoms with Crippen molar-refractivity contribution in [3.05, 3.63) is 35.9 Å². The Labute approximate surface area is 97.5 Å². The molecular weight excluding hydrogens is 202 g/mol. The fourth-order valence-corrected chi connectivity index (χ4v) is 1.77. The summed E-state index contributed by atoms with van der Waals surface area (Å²) in [5.74, 6) is 0. The summed E-state index contributed by atoms with van der Waals surface area (Å²) < 4.78 is 0.604. The van der Waals surface area contributed by atoms with Crippen molar-refractivity contribution >= 4 is 0 Å². The predicted molar refractivity (Wildman–Crippen MR) is 64.9 cm³/mol. The first-order chi connectivity index (χ1) is 7.49. The van der Waals surface area contributed by atoms with Crippen molar-refractivity contribution in [2.24, 2.45) is 0 Å². The Morgan fingerprint density at radius 3 is 2.25 bits per heavy atom. The molecule has 1 rings (SSSR count). The van der Waals surface area contributed by atoms with Gasteiger partial charge in [0.2, 0.25) is 0 Å². The molecule has 0 bridgehead atoms. The normalized spacial score (nSPS) is 15.8. The van der Waals surface area contributed by atoms with Gasteiger partial charge in [-0.1, -0.05) is 30.3 Å². The lowest BCUT2D eigenvalue weighted by Gasteiger charge is -2.38. The Bertz CT molecular complexity index is 311. The van der Waals surface area contributed by atoms with Gasteiger partial charge in [-0.15, -0.1) is 0 Å². The van der Waals surface area contributed by atoms with E-state index in [1.165, 1.54) is 0 Å². The topological polar surface area (TPSA) is 40.5 Å². The maximum Gasteiger partial charge on any atom is 0.130 e. The molecule has 0 amide bonds. The van der Waals surface area contributed by atoms with Crippen LogP contribution in [0.15, 0.2) is 30.3 Å². The molecule has 0 spiro atoms.